The van der Waals surface area contributed by atoms with Crippen LogP contribution in [0.2, 0.25) is 0 Å². The molecule has 0 bridgehead atoms. The van der Waals surface area contributed by atoms with Gasteiger partial charge in [-0.25, -0.2) is 4.79 Å². The lowest BCUT2D eigenvalue weighted by molar-refractivity contribution is -0.129. The van der Waals surface area contributed by atoms with E-state index in [-0.39, 0.29) is 17.1 Å². The van der Waals surface area contributed by atoms with Crippen molar-refractivity contribution in [3.63, 3.8) is 0 Å². The molecular weight excluding hydrogens is 268 g/mol. The third-order valence-electron chi connectivity index (χ3n) is 3.21. The molecule has 0 aromatic heterocycles. The van der Waals surface area contributed by atoms with Crippen molar-refractivity contribution in [3.8, 4) is 5.75 Å². The summed E-state index contributed by atoms with van der Waals surface area (Å²) < 4.78 is 10.3. The van der Waals surface area contributed by atoms with Crippen LogP contribution in [0.5, 0.6) is 5.75 Å². The summed E-state index contributed by atoms with van der Waals surface area (Å²) in [6.07, 6.45) is 2.84. The Morgan fingerprint density at radius 1 is 1.14 bits per heavy atom. The number of ether oxygens (including phenoxy) is 2. The van der Waals surface area contributed by atoms with Gasteiger partial charge in [0.05, 0.1) is 7.11 Å². The first-order valence-corrected chi connectivity index (χ1v) is 6.49. The predicted molar refractivity (Wildman–Crippen MR) is 78.6 cm³/mol. The molecule has 0 heterocycles. The molecule has 0 saturated carbocycles. The molecule has 0 saturated heterocycles. The van der Waals surface area contributed by atoms with Gasteiger partial charge in [0.15, 0.2) is 5.76 Å². The van der Waals surface area contributed by atoms with Crippen LogP contribution in [0.1, 0.15) is 13.8 Å². The lowest BCUT2D eigenvalue weighted by atomic mass is 9.93. The second-order valence-corrected chi connectivity index (χ2v) is 4.65. The topological polar surface area (TPSA) is 52.6 Å². The Bertz CT molecular complexity index is 663. The Morgan fingerprint density at radius 2 is 1.81 bits per heavy atom. The number of allylic oxidation sites excluding steroid dienone is 4. The van der Waals surface area contributed by atoms with Gasteiger partial charge in [-0.3, -0.25) is 4.79 Å². The fourth-order valence-corrected chi connectivity index (χ4v) is 2.00. The largest absolute Gasteiger partial charge is 0.492 e. The minimum atomic E-state index is -0.594. The van der Waals surface area contributed by atoms with E-state index in [2.05, 4.69) is 0 Å². The first-order chi connectivity index (χ1) is 10.0. The van der Waals surface area contributed by atoms with Gasteiger partial charge in [0.1, 0.15) is 5.75 Å². The van der Waals surface area contributed by atoms with E-state index >= 15 is 0 Å². The molecule has 1 aliphatic carbocycles. The molecule has 4 nitrogen and oxygen atoms in total. The number of hydrogen-bond acceptors (Lipinski definition) is 4. The summed E-state index contributed by atoms with van der Waals surface area (Å²) in [6, 6.07) is 8.70. The average molecular weight is 284 g/mol. The minimum Gasteiger partial charge on any atom is -0.492 e. The van der Waals surface area contributed by atoms with Crippen molar-refractivity contribution in [1.29, 1.82) is 0 Å². The van der Waals surface area contributed by atoms with E-state index in [1.165, 1.54) is 13.2 Å². The van der Waals surface area contributed by atoms with E-state index in [1.807, 2.05) is 19.9 Å². The number of benzene rings is 1. The second-order valence-electron chi connectivity index (χ2n) is 4.65. The Hall–Kier alpha value is -2.62. The molecule has 0 fully saturated rings. The molecule has 2 rings (SSSR count). The van der Waals surface area contributed by atoms with Crippen LogP contribution in [0.15, 0.2) is 65.0 Å². The summed E-state index contributed by atoms with van der Waals surface area (Å²) in [5.41, 5.74) is 1.91. The Morgan fingerprint density at radius 3 is 2.43 bits per heavy atom. The van der Waals surface area contributed by atoms with Gasteiger partial charge in [0.25, 0.3) is 0 Å². The SMILES string of the molecule is COC1=C(C)C(C)=C/C(=C\C(=O)Oc2ccccc2)C1=O. The van der Waals surface area contributed by atoms with Gasteiger partial charge >= 0.3 is 5.97 Å². The molecule has 0 N–H and O–H groups in total. The van der Waals surface area contributed by atoms with Crippen molar-refractivity contribution in [2.24, 2.45) is 0 Å². The van der Waals surface area contributed by atoms with Crippen LogP contribution in [0.4, 0.5) is 0 Å². The monoisotopic (exact) mass is 284 g/mol. The Labute approximate surface area is 123 Å². The van der Waals surface area contributed by atoms with Gasteiger partial charge in [-0.2, -0.15) is 0 Å². The van der Waals surface area contributed by atoms with Crippen LogP contribution in [0.3, 0.4) is 0 Å². The molecule has 0 spiro atoms. The number of esters is 1. The van der Waals surface area contributed by atoms with Crippen molar-refractivity contribution >= 4 is 11.8 Å². The first kappa shape index (κ1) is 14.8. The van der Waals surface area contributed by atoms with Crippen LogP contribution >= 0.6 is 0 Å². The van der Waals surface area contributed by atoms with Crippen LogP contribution < -0.4 is 4.74 Å². The average Bonchev–Trinajstić information content (AvgIpc) is 2.46. The van der Waals surface area contributed by atoms with E-state index < -0.39 is 5.97 Å². The highest BCUT2D eigenvalue weighted by Crippen LogP contribution is 2.25. The van der Waals surface area contributed by atoms with Crippen LogP contribution in [-0.2, 0) is 14.3 Å². The fraction of sp³-hybridized carbons (Fsp3) is 0.176. The zero-order chi connectivity index (χ0) is 15.4. The highest BCUT2D eigenvalue weighted by Gasteiger charge is 2.23. The van der Waals surface area contributed by atoms with Crippen LogP contribution in [0.25, 0.3) is 0 Å². The molecule has 0 aliphatic heterocycles. The summed E-state index contributed by atoms with van der Waals surface area (Å²) in [5, 5.41) is 0. The van der Waals surface area contributed by atoms with Crippen molar-refractivity contribution < 1.29 is 19.1 Å². The maximum absolute atomic E-state index is 12.2. The lowest BCUT2D eigenvalue weighted by Crippen LogP contribution is -2.16. The highest BCUT2D eigenvalue weighted by molar-refractivity contribution is 6.13. The third kappa shape index (κ3) is 3.28. The summed E-state index contributed by atoms with van der Waals surface area (Å²) >= 11 is 0. The number of rotatable bonds is 3. The van der Waals surface area contributed by atoms with Gasteiger partial charge < -0.3 is 9.47 Å². The Kier molecular flexibility index (Phi) is 4.38. The maximum atomic E-state index is 12.2. The van der Waals surface area contributed by atoms with Crippen molar-refractivity contribution in [1.82, 2.24) is 0 Å². The molecule has 1 aromatic carbocycles. The van der Waals surface area contributed by atoms with Gasteiger partial charge in [-0.15, -0.1) is 0 Å². The molecule has 108 valence electrons. The second kappa shape index (κ2) is 6.22. The summed E-state index contributed by atoms with van der Waals surface area (Å²) in [5.74, 6) is -0.218. The highest BCUT2D eigenvalue weighted by atomic mass is 16.5. The van der Waals surface area contributed by atoms with Gasteiger partial charge in [-0.1, -0.05) is 18.2 Å². The van der Waals surface area contributed by atoms with Gasteiger partial charge in [0, 0.05) is 11.6 Å². The molecule has 0 amide bonds. The van der Waals surface area contributed by atoms with E-state index in [1.54, 1.807) is 30.3 Å². The third-order valence-corrected chi connectivity index (χ3v) is 3.21. The molecule has 1 aliphatic rings. The zero-order valence-corrected chi connectivity index (χ0v) is 12.2. The Balaban J connectivity index is 2.22. The van der Waals surface area contributed by atoms with Crippen molar-refractivity contribution in [2.45, 2.75) is 13.8 Å². The van der Waals surface area contributed by atoms with Gasteiger partial charge in [0.2, 0.25) is 5.78 Å². The van der Waals surface area contributed by atoms with Gasteiger partial charge in [-0.05, 0) is 43.2 Å². The molecular formula is C17H16O4. The lowest BCUT2D eigenvalue weighted by Gasteiger charge is -2.16. The summed E-state index contributed by atoms with van der Waals surface area (Å²) in [7, 11) is 1.44. The van der Waals surface area contributed by atoms with Crippen molar-refractivity contribution in [2.75, 3.05) is 7.11 Å². The smallest absolute Gasteiger partial charge is 0.336 e. The van der Waals surface area contributed by atoms with Crippen LogP contribution in [0, 0.1) is 0 Å². The zero-order valence-electron chi connectivity index (χ0n) is 12.2. The van der Waals surface area contributed by atoms with Crippen LogP contribution in [-0.4, -0.2) is 18.9 Å². The number of ketones is 1. The number of Topliss-reactive ketones (excluding diaryl/α,β-unsaturated/α-hetero) is 1. The summed E-state index contributed by atoms with van der Waals surface area (Å²) in [6.45, 7) is 3.67. The molecule has 21 heavy (non-hydrogen) atoms. The number of carbonyl (C=O) groups excluding carboxylic acids is 2. The number of para-hydroxylation sites is 1. The molecule has 0 radical (unpaired) electrons. The first-order valence-electron chi connectivity index (χ1n) is 6.49. The minimum absolute atomic E-state index is 0.258. The van der Waals surface area contributed by atoms with Crippen molar-refractivity contribution in [3.05, 3.63) is 65.0 Å². The number of methoxy groups -OCH3 is 1. The van der Waals surface area contributed by atoms with E-state index in [4.69, 9.17) is 9.47 Å². The molecule has 1 aromatic rings. The van der Waals surface area contributed by atoms with E-state index in [0.29, 0.717) is 5.75 Å². The standard InChI is InChI=1S/C17H16O4/c1-11-9-13(16(19)17(20-3)12(11)2)10-15(18)21-14-7-5-4-6-8-14/h4-10H,1-3H3/b13-10+. The molecule has 4 heteroatoms. The number of hydrogen-bond donors (Lipinski definition) is 0. The quantitative estimate of drug-likeness (QED) is 0.486. The predicted octanol–water partition coefficient (Wildman–Crippen LogP) is 2.97. The molecule has 0 atom stereocenters. The maximum Gasteiger partial charge on any atom is 0.336 e. The van der Waals surface area contributed by atoms with E-state index in [0.717, 1.165) is 11.1 Å². The van der Waals surface area contributed by atoms with E-state index in [9.17, 15) is 9.59 Å². The fourth-order valence-electron chi connectivity index (χ4n) is 2.00. The normalized spacial score (nSPS) is 16.8. The number of carbonyl (C=O) groups is 2. The molecule has 0 unspecified atom stereocenters. The summed E-state index contributed by atoms with van der Waals surface area (Å²) in [4.78, 5) is 24.1.